The molecule has 2 aliphatic carbocycles. The van der Waals surface area contributed by atoms with E-state index in [1.54, 1.807) is 0 Å². The SMILES string of the molecule is OCc1csc(C(O)(C2CC2)C2CC2)n1. The third-order valence-electron chi connectivity index (χ3n) is 3.46. The minimum atomic E-state index is -0.669. The zero-order valence-corrected chi connectivity index (χ0v) is 9.33. The highest BCUT2D eigenvalue weighted by Gasteiger charge is 2.55. The molecule has 0 unspecified atom stereocenters. The van der Waals surface area contributed by atoms with Crippen LogP contribution in [0.15, 0.2) is 5.38 Å². The van der Waals surface area contributed by atoms with Crippen molar-refractivity contribution in [2.45, 2.75) is 37.9 Å². The van der Waals surface area contributed by atoms with Crippen molar-refractivity contribution in [3.8, 4) is 0 Å². The van der Waals surface area contributed by atoms with Gasteiger partial charge in [-0.15, -0.1) is 11.3 Å². The van der Waals surface area contributed by atoms with Crippen molar-refractivity contribution >= 4 is 11.3 Å². The zero-order valence-electron chi connectivity index (χ0n) is 8.52. The second-order valence-corrected chi connectivity index (χ2v) is 5.53. The van der Waals surface area contributed by atoms with Gasteiger partial charge in [-0.2, -0.15) is 0 Å². The smallest absolute Gasteiger partial charge is 0.125 e. The fourth-order valence-electron chi connectivity index (χ4n) is 2.29. The highest BCUT2D eigenvalue weighted by atomic mass is 32.1. The van der Waals surface area contributed by atoms with Crippen molar-refractivity contribution in [3.63, 3.8) is 0 Å². The molecule has 1 aromatic heterocycles. The standard InChI is InChI=1S/C11H15NO2S/c13-5-9-6-15-10(12-9)11(14,7-1-2-7)8-3-4-8/h6-8,13-14H,1-5H2. The van der Waals surface area contributed by atoms with Crippen LogP contribution in [0.3, 0.4) is 0 Å². The Hall–Kier alpha value is -0.450. The van der Waals surface area contributed by atoms with Gasteiger partial charge >= 0.3 is 0 Å². The van der Waals surface area contributed by atoms with Crippen LogP contribution < -0.4 is 0 Å². The normalized spacial score (nSPS) is 22.0. The molecule has 2 aliphatic rings. The van der Waals surface area contributed by atoms with E-state index < -0.39 is 5.60 Å². The van der Waals surface area contributed by atoms with E-state index in [-0.39, 0.29) is 6.61 Å². The van der Waals surface area contributed by atoms with E-state index in [0.29, 0.717) is 17.5 Å². The number of hydrogen-bond donors (Lipinski definition) is 2. The van der Waals surface area contributed by atoms with Gasteiger partial charge in [0.1, 0.15) is 10.6 Å². The molecule has 82 valence electrons. The summed E-state index contributed by atoms with van der Waals surface area (Å²) >= 11 is 1.50. The molecule has 3 rings (SSSR count). The summed E-state index contributed by atoms with van der Waals surface area (Å²) in [5.74, 6) is 0.838. The van der Waals surface area contributed by atoms with E-state index >= 15 is 0 Å². The molecule has 4 heteroatoms. The lowest BCUT2D eigenvalue weighted by Crippen LogP contribution is -2.30. The lowest BCUT2D eigenvalue weighted by molar-refractivity contribution is -0.0106. The number of hydrogen-bond acceptors (Lipinski definition) is 4. The van der Waals surface area contributed by atoms with Crippen molar-refractivity contribution < 1.29 is 10.2 Å². The highest BCUT2D eigenvalue weighted by molar-refractivity contribution is 7.09. The average Bonchev–Trinajstić information content (AvgIpc) is 3.12. The first-order valence-electron chi connectivity index (χ1n) is 5.53. The molecule has 0 atom stereocenters. The molecule has 0 spiro atoms. The van der Waals surface area contributed by atoms with Gasteiger partial charge in [0.15, 0.2) is 0 Å². The molecule has 0 amide bonds. The van der Waals surface area contributed by atoms with Gasteiger partial charge in [-0.1, -0.05) is 0 Å². The van der Waals surface area contributed by atoms with Crippen LogP contribution in [-0.2, 0) is 12.2 Å². The van der Waals surface area contributed by atoms with Crippen LogP contribution in [0.25, 0.3) is 0 Å². The molecular formula is C11H15NO2S. The Morgan fingerprint density at radius 2 is 1.93 bits per heavy atom. The summed E-state index contributed by atoms with van der Waals surface area (Å²) in [4.78, 5) is 4.34. The van der Waals surface area contributed by atoms with Crippen molar-refractivity contribution in [3.05, 3.63) is 16.1 Å². The van der Waals surface area contributed by atoms with Crippen LogP contribution in [-0.4, -0.2) is 15.2 Å². The van der Waals surface area contributed by atoms with Gasteiger partial charge in [-0.05, 0) is 37.5 Å². The van der Waals surface area contributed by atoms with Crippen LogP contribution in [0.5, 0.6) is 0 Å². The molecule has 2 N–H and O–H groups in total. The van der Waals surface area contributed by atoms with Gasteiger partial charge in [-0.25, -0.2) is 4.98 Å². The molecule has 0 bridgehead atoms. The van der Waals surface area contributed by atoms with Crippen LogP contribution >= 0.6 is 11.3 Å². The van der Waals surface area contributed by atoms with Crippen molar-refractivity contribution in [1.29, 1.82) is 0 Å². The van der Waals surface area contributed by atoms with Crippen molar-refractivity contribution in [2.24, 2.45) is 11.8 Å². The van der Waals surface area contributed by atoms with Gasteiger partial charge in [0.2, 0.25) is 0 Å². The molecule has 1 heterocycles. The molecule has 2 saturated carbocycles. The monoisotopic (exact) mass is 225 g/mol. The third kappa shape index (κ3) is 1.51. The first-order chi connectivity index (χ1) is 7.25. The van der Waals surface area contributed by atoms with E-state index in [1.807, 2.05) is 5.38 Å². The Bertz CT molecular complexity index is 356. The summed E-state index contributed by atoms with van der Waals surface area (Å²) in [5.41, 5.74) is 0.0210. The summed E-state index contributed by atoms with van der Waals surface area (Å²) < 4.78 is 0. The predicted octanol–water partition coefficient (Wildman–Crippen LogP) is 1.64. The highest BCUT2D eigenvalue weighted by Crippen LogP contribution is 2.57. The minimum Gasteiger partial charge on any atom is -0.390 e. The summed E-state index contributed by atoms with van der Waals surface area (Å²) in [6.45, 7) is -0.0259. The van der Waals surface area contributed by atoms with E-state index in [9.17, 15) is 5.11 Å². The van der Waals surface area contributed by atoms with E-state index in [1.165, 1.54) is 11.3 Å². The molecule has 2 fully saturated rings. The molecule has 0 aliphatic heterocycles. The van der Waals surface area contributed by atoms with Gasteiger partial charge in [0.25, 0.3) is 0 Å². The van der Waals surface area contributed by atoms with Crippen LogP contribution in [0.1, 0.15) is 36.4 Å². The first kappa shape index (κ1) is 9.75. The van der Waals surface area contributed by atoms with Crippen LogP contribution in [0.4, 0.5) is 0 Å². The molecular weight excluding hydrogens is 210 g/mol. The molecule has 15 heavy (non-hydrogen) atoms. The largest absolute Gasteiger partial charge is 0.390 e. The lowest BCUT2D eigenvalue weighted by atomic mass is 9.92. The zero-order chi connectivity index (χ0) is 10.5. The van der Waals surface area contributed by atoms with Gasteiger partial charge in [0, 0.05) is 5.38 Å². The maximum absolute atomic E-state index is 10.7. The van der Waals surface area contributed by atoms with Crippen molar-refractivity contribution in [1.82, 2.24) is 4.98 Å². The molecule has 0 radical (unpaired) electrons. The second-order valence-electron chi connectivity index (χ2n) is 4.68. The fourth-order valence-corrected chi connectivity index (χ4v) is 3.36. The predicted molar refractivity (Wildman–Crippen MR) is 57.4 cm³/mol. The summed E-state index contributed by atoms with van der Waals surface area (Å²) in [6, 6.07) is 0. The molecule has 0 aromatic carbocycles. The number of thiazole rings is 1. The Morgan fingerprint density at radius 3 is 2.33 bits per heavy atom. The van der Waals surface area contributed by atoms with Crippen LogP contribution in [0.2, 0.25) is 0 Å². The van der Waals surface area contributed by atoms with E-state index in [4.69, 9.17) is 5.11 Å². The number of aliphatic hydroxyl groups is 2. The molecule has 0 saturated heterocycles. The number of aromatic nitrogens is 1. The Labute approximate surface area is 92.8 Å². The summed E-state index contributed by atoms with van der Waals surface area (Å²) in [6.07, 6.45) is 4.50. The molecule has 1 aromatic rings. The summed E-state index contributed by atoms with van der Waals surface area (Å²) in [5, 5.41) is 22.4. The Morgan fingerprint density at radius 1 is 1.33 bits per heavy atom. The van der Waals surface area contributed by atoms with Crippen molar-refractivity contribution in [2.75, 3.05) is 0 Å². The fraction of sp³-hybridized carbons (Fsp3) is 0.727. The number of aliphatic hydroxyl groups excluding tert-OH is 1. The maximum atomic E-state index is 10.7. The summed E-state index contributed by atoms with van der Waals surface area (Å²) in [7, 11) is 0. The van der Waals surface area contributed by atoms with Gasteiger partial charge in [-0.3, -0.25) is 0 Å². The third-order valence-corrected chi connectivity index (χ3v) is 4.49. The number of rotatable bonds is 4. The lowest BCUT2D eigenvalue weighted by Gasteiger charge is -2.25. The number of nitrogens with zero attached hydrogens (tertiary/aromatic N) is 1. The van der Waals surface area contributed by atoms with Crippen LogP contribution in [0, 0.1) is 11.8 Å². The van der Waals surface area contributed by atoms with Gasteiger partial charge < -0.3 is 10.2 Å². The molecule has 3 nitrogen and oxygen atoms in total. The maximum Gasteiger partial charge on any atom is 0.125 e. The first-order valence-corrected chi connectivity index (χ1v) is 6.41. The Balaban J connectivity index is 1.93. The quantitative estimate of drug-likeness (QED) is 0.819. The minimum absolute atomic E-state index is 0.0259. The average molecular weight is 225 g/mol. The van der Waals surface area contributed by atoms with E-state index in [2.05, 4.69) is 4.98 Å². The second kappa shape index (κ2) is 3.27. The topological polar surface area (TPSA) is 53.4 Å². The van der Waals surface area contributed by atoms with E-state index in [0.717, 1.165) is 30.7 Å². The Kier molecular flexibility index (Phi) is 2.13. The van der Waals surface area contributed by atoms with Gasteiger partial charge in [0.05, 0.1) is 12.3 Å².